The Morgan fingerprint density at radius 2 is 1.70 bits per heavy atom. The fourth-order valence-electron chi connectivity index (χ4n) is 2.89. The van der Waals surface area contributed by atoms with Gasteiger partial charge in [0.15, 0.2) is 0 Å². The molecule has 7 nitrogen and oxygen atoms in total. The molecule has 2 N–H and O–H groups in total. The molecule has 1 saturated heterocycles. The first-order chi connectivity index (χ1) is 12.7. The summed E-state index contributed by atoms with van der Waals surface area (Å²) in [6, 6.07) is 9.27. The molecule has 2 rings (SSSR count). The zero-order chi connectivity index (χ0) is 19.9. The van der Waals surface area contributed by atoms with Crippen LogP contribution in [0.5, 0.6) is 0 Å². The molecule has 0 aliphatic carbocycles. The maximum absolute atomic E-state index is 12.4. The van der Waals surface area contributed by atoms with Gasteiger partial charge in [0.05, 0.1) is 6.54 Å². The lowest BCUT2D eigenvalue weighted by Crippen LogP contribution is -2.44. The van der Waals surface area contributed by atoms with Crippen molar-refractivity contribution >= 4 is 17.9 Å². The number of likely N-dealkylation sites (tertiary alicyclic amines) is 1. The molecule has 0 bridgehead atoms. The van der Waals surface area contributed by atoms with Crippen molar-refractivity contribution in [1.29, 1.82) is 0 Å². The van der Waals surface area contributed by atoms with Crippen molar-refractivity contribution in [3.63, 3.8) is 0 Å². The predicted octanol–water partition coefficient (Wildman–Crippen LogP) is 2.18. The van der Waals surface area contributed by atoms with Crippen molar-refractivity contribution in [1.82, 2.24) is 15.5 Å². The van der Waals surface area contributed by atoms with Gasteiger partial charge in [-0.15, -0.1) is 0 Å². The Kier molecular flexibility index (Phi) is 7.21. The highest BCUT2D eigenvalue weighted by Gasteiger charge is 2.24. The molecule has 0 aromatic heterocycles. The van der Waals surface area contributed by atoms with Gasteiger partial charge in [-0.1, -0.05) is 18.2 Å². The molecule has 0 atom stereocenters. The number of carbonyl (C=O) groups is 3. The van der Waals surface area contributed by atoms with E-state index in [2.05, 4.69) is 10.6 Å². The Morgan fingerprint density at radius 1 is 1.07 bits per heavy atom. The van der Waals surface area contributed by atoms with Gasteiger partial charge in [-0.05, 0) is 51.7 Å². The van der Waals surface area contributed by atoms with E-state index in [9.17, 15) is 14.4 Å². The Balaban J connectivity index is 1.65. The average molecular weight is 375 g/mol. The summed E-state index contributed by atoms with van der Waals surface area (Å²) in [6.45, 7) is 7.10. The number of benzene rings is 1. The lowest BCUT2D eigenvalue weighted by atomic mass is 9.96. The number of nitrogens with zero attached hydrogens (tertiary/aromatic N) is 1. The molecule has 3 amide bonds. The van der Waals surface area contributed by atoms with Crippen LogP contribution in [0.15, 0.2) is 30.3 Å². The maximum Gasteiger partial charge on any atom is 0.408 e. The average Bonchev–Trinajstić information content (AvgIpc) is 2.64. The van der Waals surface area contributed by atoms with E-state index in [1.54, 1.807) is 20.8 Å². The number of ether oxygens (including phenoxy) is 1. The molecular formula is C20H29N3O4. The van der Waals surface area contributed by atoms with E-state index in [1.165, 1.54) is 0 Å². The molecular weight excluding hydrogens is 346 g/mol. The second-order valence-electron chi connectivity index (χ2n) is 7.76. The van der Waals surface area contributed by atoms with Gasteiger partial charge in [0.1, 0.15) is 5.60 Å². The summed E-state index contributed by atoms with van der Waals surface area (Å²) in [4.78, 5) is 37.7. The largest absolute Gasteiger partial charge is 0.444 e. The topological polar surface area (TPSA) is 87.7 Å². The van der Waals surface area contributed by atoms with Crippen LogP contribution < -0.4 is 10.6 Å². The summed E-state index contributed by atoms with van der Waals surface area (Å²) >= 11 is 0. The number of carbonyl (C=O) groups excluding carboxylic acids is 3. The Morgan fingerprint density at radius 3 is 2.30 bits per heavy atom. The quantitative estimate of drug-likeness (QED) is 0.826. The maximum atomic E-state index is 12.4. The van der Waals surface area contributed by atoms with E-state index in [4.69, 9.17) is 4.74 Å². The predicted molar refractivity (Wildman–Crippen MR) is 102 cm³/mol. The van der Waals surface area contributed by atoms with Crippen LogP contribution in [0.3, 0.4) is 0 Å². The zero-order valence-corrected chi connectivity index (χ0v) is 16.3. The van der Waals surface area contributed by atoms with Crippen LogP contribution in [-0.4, -0.2) is 54.6 Å². The molecule has 1 heterocycles. The first-order valence-corrected chi connectivity index (χ1v) is 9.32. The van der Waals surface area contributed by atoms with E-state index in [-0.39, 0.29) is 18.4 Å². The summed E-state index contributed by atoms with van der Waals surface area (Å²) in [5.74, 6) is 0.138. The highest BCUT2D eigenvalue weighted by Crippen LogP contribution is 2.18. The molecule has 148 valence electrons. The molecule has 1 aromatic rings. The normalized spacial score (nSPS) is 15.1. The summed E-state index contributed by atoms with van der Waals surface area (Å²) in [6.07, 6.45) is 1.09. The number of amides is 3. The molecule has 27 heavy (non-hydrogen) atoms. The van der Waals surface area contributed by atoms with Crippen molar-refractivity contribution < 1.29 is 19.1 Å². The first-order valence-electron chi connectivity index (χ1n) is 9.32. The van der Waals surface area contributed by atoms with Gasteiger partial charge < -0.3 is 20.3 Å². The Bertz CT molecular complexity index is 647. The second-order valence-corrected chi connectivity index (χ2v) is 7.76. The highest BCUT2D eigenvalue weighted by molar-refractivity contribution is 5.94. The monoisotopic (exact) mass is 375 g/mol. The van der Waals surface area contributed by atoms with Gasteiger partial charge in [0.2, 0.25) is 5.91 Å². The van der Waals surface area contributed by atoms with Gasteiger partial charge in [0, 0.05) is 25.2 Å². The number of alkyl carbamates (subject to hydrolysis) is 1. The van der Waals surface area contributed by atoms with E-state index in [0.717, 1.165) is 12.8 Å². The molecule has 7 heteroatoms. The summed E-state index contributed by atoms with van der Waals surface area (Å²) in [5, 5.41) is 5.27. The van der Waals surface area contributed by atoms with Gasteiger partial charge in [-0.2, -0.15) is 0 Å². The van der Waals surface area contributed by atoms with Crippen molar-refractivity contribution in [3.05, 3.63) is 35.9 Å². The number of piperidine rings is 1. The second kappa shape index (κ2) is 9.39. The SMILES string of the molecule is CC(C)(C)OC(=O)NCC(=O)NCC1CCN(C(=O)c2ccccc2)CC1. The minimum Gasteiger partial charge on any atom is -0.444 e. The lowest BCUT2D eigenvalue weighted by molar-refractivity contribution is -0.120. The van der Waals surface area contributed by atoms with Crippen LogP contribution in [-0.2, 0) is 9.53 Å². The van der Waals surface area contributed by atoms with Gasteiger partial charge >= 0.3 is 6.09 Å². The molecule has 1 fully saturated rings. The Hall–Kier alpha value is -2.57. The first kappa shape index (κ1) is 20.7. The fraction of sp³-hybridized carbons (Fsp3) is 0.550. The number of hydrogen-bond donors (Lipinski definition) is 2. The minimum atomic E-state index is -0.606. The van der Waals surface area contributed by atoms with E-state index in [1.807, 2.05) is 35.2 Å². The Labute approximate surface area is 160 Å². The van der Waals surface area contributed by atoms with Crippen LogP contribution in [0.4, 0.5) is 4.79 Å². The van der Waals surface area contributed by atoms with Gasteiger partial charge in [-0.3, -0.25) is 9.59 Å². The minimum absolute atomic E-state index is 0.0552. The standard InChI is InChI=1S/C20H29N3O4/c1-20(2,3)27-19(26)22-14-17(24)21-13-15-9-11-23(12-10-15)18(25)16-7-5-4-6-8-16/h4-8,15H,9-14H2,1-3H3,(H,21,24)(H,22,26). The van der Waals surface area contributed by atoms with E-state index in [0.29, 0.717) is 31.1 Å². The number of nitrogens with one attached hydrogen (secondary N) is 2. The molecule has 1 aliphatic rings. The summed E-state index contributed by atoms with van der Waals surface area (Å²) in [7, 11) is 0. The van der Waals surface area contributed by atoms with E-state index < -0.39 is 11.7 Å². The third kappa shape index (κ3) is 7.29. The molecule has 0 saturated carbocycles. The smallest absolute Gasteiger partial charge is 0.408 e. The van der Waals surface area contributed by atoms with Crippen molar-refractivity contribution in [2.24, 2.45) is 5.92 Å². The van der Waals surface area contributed by atoms with E-state index >= 15 is 0 Å². The van der Waals surface area contributed by atoms with Crippen LogP contribution in [0, 0.1) is 5.92 Å². The summed E-state index contributed by atoms with van der Waals surface area (Å²) in [5.41, 5.74) is 0.114. The van der Waals surface area contributed by atoms with Crippen LogP contribution in [0.1, 0.15) is 44.0 Å². The molecule has 0 radical (unpaired) electrons. The number of hydrogen-bond acceptors (Lipinski definition) is 4. The van der Waals surface area contributed by atoms with Crippen LogP contribution >= 0.6 is 0 Å². The third-order valence-electron chi connectivity index (χ3n) is 4.30. The summed E-state index contributed by atoms with van der Waals surface area (Å²) < 4.78 is 5.09. The zero-order valence-electron chi connectivity index (χ0n) is 16.3. The highest BCUT2D eigenvalue weighted by atomic mass is 16.6. The molecule has 0 spiro atoms. The fourth-order valence-corrected chi connectivity index (χ4v) is 2.89. The van der Waals surface area contributed by atoms with Crippen molar-refractivity contribution in [2.45, 2.75) is 39.2 Å². The van der Waals surface area contributed by atoms with Crippen LogP contribution in [0.25, 0.3) is 0 Å². The van der Waals surface area contributed by atoms with Crippen LogP contribution in [0.2, 0.25) is 0 Å². The lowest BCUT2D eigenvalue weighted by Gasteiger charge is -2.32. The van der Waals surface area contributed by atoms with Crippen molar-refractivity contribution in [2.75, 3.05) is 26.2 Å². The third-order valence-corrected chi connectivity index (χ3v) is 4.30. The van der Waals surface area contributed by atoms with Gasteiger partial charge in [0.25, 0.3) is 5.91 Å². The molecule has 1 aliphatic heterocycles. The van der Waals surface area contributed by atoms with Gasteiger partial charge in [-0.25, -0.2) is 4.79 Å². The van der Waals surface area contributed by atoms with Crippen molar-refractivity contribution in [3.8, 4) is 0 Å². The number of rotatable bonds is 5. The molecule has 1 aromatic carbocycles. The molecule has 0 unspecified atom stereocenters.